The summed E-state index contributed by atoms with van der Waals surface area (Å²) in [5, 5.41) is 2.34. The summed E-state index contributed by atoms with van der Waals surface area (Å²) in [4.78, 5) is 4.82. The van der Waals surface area contributed by atoms with Crippen LogP contribution < -0.4 is 15.2 Å². The van der Waals surface area contributed by atoms with Crippen LogP contribution >= 0.6 is 0 Å². The molecule has 0 radical (unpaired) electrons. The molecule has 0 spiro atoms. The van der Waals surface area contributed by atoms with Gasteiger partial charge in [0.15, 0.2) is 0 Å². The van der Waals surface area contributed by atoms with Crippen LogP contribution in [0.25, 0.3) is 11.3 Å². The van der Waals surface area contributed by atoms with Crippen LogP contribution in [0.2, 0.25) is 0 Å². The smallest absolute Gasteiger partial charge is 0.127 e. The number of nitrogens with zero attached hydrogens (tertiary/aromatic N) is 2. The van der Waals surface area contributed by atoms with Gasteiger partial charge in [0.2, 0.25) is 0 Å². The number of benzene rings is 1. The normalized spacial score (nSPS) is 19.6. The molecule has 1 fully saturated rings. The second kappa shape index (κ2) is 14.1. The van der Waals surface area contributed by atoms with Crippen LogP contribution in [0.5, 0.6) is 5.75 Å². The van der Waals surface area contributed by atoms with Gasteiger partial charge in [-0.2, -0.15) is 0 Å². The van der Waals surface area contributed by atoms with Crippen LogP contribution in [-0.2, 0) is 14.2 Å². The van der Waals surface area contributed by atoms with Crippen LogP contribution in [0.15, 0.2) is 66.2 Å². The van der Waals surface area contributed by atoms with Crippen molar-refractivity contribution >= 4 is 11.3 Å². The van der Waals surface area contributed by atoms with E-state index in [1.165, 1.54) is 21.7 Å². The van der Waals surface area contributed by atoms with E-state index in [1.807, 2.05) is 6.92 Å². The summed E-state index contributed by atoms with van der Waals surface area (Å²) in [7, 11) is 3.88. The summed E-state index contributed by atoms with van der Waals surface area (Å²) in [5.41, 5.74) is 5.50. The van der Waals surface area contributed by atoms with Crippen molar-refractivity contribution in [1.82, 2.24) is 9.80 Å². The molecule has 1 aromatic carbocycles. The average molecular weight is 551 g/mol. The number of likely N-dealkylation sites (N-methyl/N-ethyl adjacent to an activating group) is 1. The molecule has 1 unspecified atom stereocenters. The molecule has 0 amide bonds. The number of rotatable bonds is 12. The Bertz CT molecular complexity index is 1250. The molecule has 2 aliphatic rings. The lowest BCUT2D eigenvalue weighted by Gasteiger charge is -2.50. The predicted molar refractivity (Wildman–Crippen MR) is 165 cm³/mol. The van der Waals surface area contributed by atoms with E-state index >= 15 is 0 Å². The van der Waals surface area contributed by atoms with Crippen molar-refractivity contribution in [2.75, 3.05) is 53.7 Å². The topological polar surface area (TPSA) is 43.4 Å². The zero-order chi connectivity index (χ0) is 29.4. The third-order valence-electron chi connectivity index (χ3n) is 7.59. The maximum atomic E-state index is 6.39. The van der Waals surface area contributed by atoms with Crippen molar-refractivity contribution in [3.8, 4) is 5.75 Å². The first-order valence-corrected chi connectivity index (χ1v) is 14.5. The molecule has 0 saturated carbocycles. The Labute approximate surface area is 241 Å². The van der Waals surface area contributed by atoms with Crippen molar-refractivity contribution in [2.24, 2.45) is 5.41 Å². The molecule has 0 N–H and O–H groups in total. The van der Waals surface area contributed by atoms with E-state index in [1.54, 1.807) is 7.11 Å². The Morgan fingerprint density at radius 3 is 2.50 bits per heavy atom. The second-order valence-corrected chi connectivity index (χ2v) is 11.6. The van der Waals surface area contributed by atoms with E-state index in [4.69, 9.17) is 18.9 Å². The Hall–Kier alpha value is -2.96. The predicted octanol–water partition coefficient (Wildman–Crippen LogP) is 5.36. The molecule has 0 bridgehead atoms. The monoisotopic (exact) mass is 550 g/mol. The molecule has 1 atom stereocenters. The molecule has 40 heavy (non-hydrogen) atoms. The number of hydrogen-bond donors (Lipinski definition) is 0. The Morgan fingerprint density at radius 2 is 1.85 bits per heavy atom. The van der Waals surface area contributed by atoms with Gasteiger partial charge < -0.3 is 28.7 Å². The third kappa shape index (κ3) is 7.21. The summed E-state index contributed by atoms with van der Waals surface area (Å²) in [6.45, 7) is 25.8. The van der Waals surface area contributed by atoms with Crippen LogP contribution in [0, 0.1) is 5.41 Å². The van der Waals surface area contributed by atoms with Gasteiger partial charge in [-0.3, -0.25) is 0 Å². The number of hydrogen-bond acceptors (Lipinski definition) is 6. The molecular weight excluding hydrogens is 500 g/mol. The zero-order valence-electron chi connectivity index (χ0n) is 26.1. The lowest BCUT2D eigenvalue weighted by molar-refractivity contribution is 0.0644. The van der Waals surface area contributed by atoms with Crippen molar-refractivity contribution in [1.29, 1.82) is 0 Å². The molecule has 2 heterocycles. The van der Waals surface area contributed by atoms with E-state index in [0.717, 1.165) is 42.0 Å². The fourth-order valence-corrected chi connectivity index (χ4v) is 5.28. The summed E-state index contributed by atoms with van der Waals surface area (Å²) in [5.74, 6) is 1.57. The molecule has 6 heteroatoms. The number of piperazine rings is 1. The number of ether oxygens (including phenoxy) is 4. The van der Waals surface area contributed by atoms with Crippen LogP contribution in [0.3, 0.4) is 0 Å². The van der Waals surface area contributed by atoms with Gasteiger partial charge in [0, 0.05) is 55.9 Å². The van der Waals surface area contributed by atoms with Gasteiger partial charge in [0.1, 0.15) is 11.5 Å². The first kappa shape index (κ1) is 31.6. The Balaban J connectivity index is 2.13. The standard InChI is InChI=1S/C34H50N2O4/c1-11-24(3)32-27(15-13-16-30(32)40-18-14-17-38-20-19-37-10)33-29-21-25(4)28(26(5)39-12-2)22-36(29)31(23-35(33)9)34(6,7)8/h13,15-16,21-22,31H,4-5,11-12,14,17-20,23H2,1-3,6-10H3/b32-24?,33-27-. The summed E-state index contributed by atoms with van der Waals surface area (Å²) < 4.78 is 22.9. The summed E-state index contributed by atoms with van der Waals surface area (Å²) in [6, 6.07) is 6.66. The molecular formula is C34H50N2O4. The van der Waals surface area contributed by atoms with Crippen LogP contribution in [-0.4, -0.2) is 69.6 Å². The first-order chi connectivity index (χ1) is 19.0. The van der Waals surface area contributed by atoms with Gasteiger partial charge >= 0.3 is 0 Å². The molecule has 220 valence electrons. The van der Waals surface area contributed by atoms with Crippen molar-refractivity contribution in [3.63, 3.8) is 0 Å². The Kier molecular flexibility index (Phi) is 11.1. The zero-order valence-corrected chi connectivity index (χ0v) is 26.1. The Morgan fingerprint density at radius 1 is 1.10 bits per heavy atom. The maximum absolute atomic E-state index is 6.39. The number of fused-ring (bicyclic) bond motifs is 1. The number of allylic oxidation sites excluding steroid dienone is 2. The highest BCUT2D eigenvalue weighted by Gasteiger charge is 2.40. The van der Waals surface area contributed by atoms with E-state index < -0.39 is 0 Å². The third-order valence-corrected chi connectivity index (χ3v) is 7.59. The van der Waals surface area contributed by atoms with E-state index in [-0.39, 0.29) is 11.5 Å². The van der Waals surface area contributed by atoms with Crippen molar-refractivity contribution in [3.05, 3.63) is 76.7 Å². The van der Waals surface area contributed by atoms with Crippen molar-refractivity contribution < 1.29 is 18.9 Å². The SMILES string of the molecule is C=C1C=C2/C(=c3\cccc(OCCCOCCOC)c3=C(C)CC)N(C)CC(C(C)(C)C)N2C=C1C(=C)OCC. The fraction of sp³-hybridized carbons (Fsp3) is 0.529. The quantitative estimate of drug-likeness (QED) is 0.258. The molecule has 1 saturated heterocycles. The minimum atomic E-state index is 0.0384. The maximum Gasteiger partial charge on any atom is 0.127 e. The van der Waals surface area contributed by atoms with E-state index in [9.17, 15) is 0 Å². The molecule has 3 rings (SSSR count). The van der Waals surface area contributed by atoms with E-state index in [2.05, 4.69) is 95.1 Å². The van der Waals surface area contributed by atoms with Gasteiger partial charge in [0.25, 0.3) is 0 Å². The van der Waals surface area contributed by atoms with E-state index in [0.29, 0.717) is 38.8 Å². The number of methoxy groups -OCH3 is 1. The summed E-state index contributed by atoms with van der Waals surface area (Å²) in [6.07, 6.45) is 6.14. The highest BCUT2D eigenvalue weighted by atomic mass is 16.5. The molecule has 1 aromatic rings. The average Bonchev–Trinajstić information content (AvgIpc) is 2.91. The highest BCUT2D eigenvalue weighted by Crippen LogP contribution is 2.41. The molecule has 0 aliphatic carbocycles. The minimum Gasteiger partial charge on any atom is -0.494 e. The summed E-state index contributed by atoms with van der Waals surface area (Å²) >= 11 is 0. The fourth-order valence-electron chi connectivity index (χ4n) is 5.28. The minimum absolute atomic E-state index is 0.0384. The lowest BCUT2D eigenvalue weighted by atomic mass is 9.82. The van der Waals surface area contributed by atoms with Gasteiger partial charge in [-0.1, -0.05) is 58.6 Å². The molecule has 0 aromatic heterocycles. The molecule has 6 nitrogen and oxygen atoms in total. The highest BCUT2D eigenvalue weighted by molar-refractivity contribution is 5.70. The van der Waals surface area contributed by atoms with Gasteiger partial charge in [-0.25, -0.2) is 0 Å². The molecule has 2 aliphatic heterocycles. The van der Waals surface area contributed by atoms with Gasteiger partial charge in [-0.05, 0) is 43.4 Å². The van der Waals surface area contributed by atoms with Crippen LogP contribution in [0.4, 0.5) is 0 Å². The second-order valence-electron chi connectivity index (χ2n) is 11.6. The van der Waals surface area contributed by atoms with Crippen molar-refractivity contribution in [2.45, 2.75) is 60.4 Å². The van der Waals surface area contributed by atoms with Gasteiger partial charge in [-0.15, -0.1) is 0 Å². The first-order valence-electron chi connectivity index (χ1n) is 14.5. The van der Waals surface area contributed by atoms with Crippen LogP contribution in [0.1, 0.15) is 54.4 Å². The van der Waals surface area contributed by atoms with Gasteiger partial charge in [0.05, 0.1) is 43.9 Å². The largest absolute Gasteiger partial charge is 0.494 e. The lowest BCUT2D eigenvalue weighted by Crippen LogP contribution is -2.55.